The summed E-state index contributed by atoms with van der Waals surface area (Å²) in [7, 11) is 0. The van der Waals surface area contributed by atoms with Crippen LogP contribution in [0.3, 0.4) is 0 Å². The predicted molar refractivity (Wildman–Crippen MR) is 77.5 cm³/mol. The van der Waals surface area contributed by atoms with Crippen LogP contribution in [0.1, 0.15) is 64.2 Å². The maximum absolute atomic E-state index is 4.33. The minimum Gasteiger partial charge on any atom is -0.179 e. The van der Waals surface area contributed by atoms with Crippen molar-refractivity contribution in [2.24, 2.45) is 29.6 Å². The molecule has 3 saturated carbocycles. The quantitative estimate of drug-likeness (QED) is 0.532. The molecule has 0 aliphatic heterocycles. The minimum absolute atomic E-state index is 1.08. The van der Waals surface area contributed by atoms with E-state index in [4.69, 9.17) is 0 Å². The van der Waals surface area contributed by atoms with Crippen LogP contribution < -0.4 is 0 Å². The molecule has 3 fully saturated rings. The lowest BCUT2D eigenvalue weighted by atomic mass is 9.56. The summed E-state index contributed by atoms with van der Waals surface area (Å²) in [6.45, 7) is 0. The van der Waals surface area contributed by atoms with Gasteiger partial charge in [0.1, 0.15) is 0 Å². The second kappa shape index (κ2) is 5.55. The standard InChI is InChI=1S/C16H28S/c17-10-2-1-5-12-6-3-7-14-13-8-4-9-15(13)16(14)11-12/h12-17H,1-11H2. The molecule has 3 aliphatic carbocycles. The summed E-state index contributed by atoms with van der Waals surface area (Å²) in [5.74, 6) is 6.83. The molecule has 0 aromatic carbocycles. The van der Waals surface area contributed by atoms with Crippen LogP contribution >= 0.6 is 12.6 Å². The Bertz CT molecular complexity index is 250. The fourth-order valence-corrected chi connectivity index (χ4v) is 5.52. The first kappa shape index (κ1) is 12.4. The van der Waals surface area contributed by atoms with Gasteiger partial charge in [0.15, 0.2) is 0 Å². The van der Waals surface area contributed by atoms with Crippen molar-refractivity contribution in [2.75, 3.05) is 5.75 Å². The van der Waals surface area contributed by atoms with Gasteiger partial charge in [-0.2, -0.15) is 12.6 Å². The maximum atomic E-state index is 4.33. The van der Waals surface area contributed by atoms with E-state index < -0.39 is 0 Å². The molecule has 98 valence electrons. The summed E-state index contributed by atoms with van der Waals surface area (Å²) in [5.41, 5.74) is 0. The molecule has 17 heavy (non-hydrogen) atoms. The third-order valence-corrected chi connectivity index (χ3v) is 6.37. The Morgan fingerprint density at radius 2 is 1.41 bits per heavy atom. The zero-order valence-electron chi connectivity index (χ0n) is 11.1. The van der Waals surface area contributed by atoms with Gasteiger partial charge in [0, 0.05) is 0 Å². The van der Waals surface area contributed by atoms with Crippen LogP contribution in [0.4, 0.5) is 0 Å². The lowest BCUT2D eigenvalue weighted by Crippen LogP contribution is -2.43. The van der Waals surface area contributed by atoms with Crippen molar-refractivity contribution in [3.63, 3.8) is 0 Å². The van der Waals surface area contributed by atoms with Crippen LogP contribution in [0.5, 0.6) is 0 Å². The van der Waals surface area contributed by atoms with Gasteiger partial charge in [-0.25, -0.2) is 0 Å². The van der Waals surface area contributed by atoms with E-state index in [9.17, 15) is 0 Å². The number of hydrogen-bond donors (Lipinski definition) is 1. The van der Waals surface area contributed by atoms with E-state index in [1.807, 2.05) is 0 Å². The highest BCUT2D eigenvalue weighted by atomic mass is 32.1. The summed E-state index contributed by atoms with van der Waals surface area (Å²) in [5, 5.41) is 0. The molecular weight excluding hydrogens is 224 g/mol. The third kappa shape index (κ3) is 2.41. The Kier molecular flexibility index (Phi) is 4.04. The first-order valence-corrected chi connectivity index (χ1v) is 8.64. The molecule has 0 radical (unpaired) electrons. The van der Waals surface area contributed by atoms with Gasteiger partial charge in [-0.3, -0.25) is 0 Å². The zero-order chi connectivity index (χ0) is 11.7. The Hall–Kier alpha value is 0.350. The molecule has 0 spiro atoms. The van der Waals surface area contributed by atoms with Crippen LogP contribution in [0.25, 0.3) is 0 Å². The van der Waals surface area contributed by atoms with Crippen molar-refractivity contribution in [1.82, 2.24) is 0 Å². The summed E-state index contributed by atoms with van der Waals surface area (Å²) < 4.78 is 0. The van der Waals surface area contributed by atoms with Crippen molar-refractivity contribution in [3.05, 3.63) is 0 Å². The number of fused-ring (bicyclic) bond motifs is 4. The van der Waals surface area contributed by atoms with Gasteiger partial charge < -0.3 is 0 Å². The number of hydrogen-bond acceptors (Lipinski definition) is 1. The molecule has 3 rings (SSSR count). The Morgan fingerprint density at radius 1 is 0.765 bits per heavy atom. The molecule has 1 heteroatoms. The fourth-order valence-electron chi connectivity index (χ4n) is 5.30. The number of thiol groups is 1. The highest BCUT2D eigenvalue weighted by Gasteiger charge is 2.52. The molecule has 0 heterocycles. The summed E-state index contributed by atoms with van der Waals surface area (Å²) in [6.07, 6.45) is 15.2. The van der Waals surface area contributed by atoms with E-state index in [0.717, 1.165) is 23.5 Å². The van der Waals surface area contributed by atoms with E-state index in [0.29, 0.717) is 0 Å². The van der Waals surface area contributed by atoms with Gasteiger partial charge in [0.05, 0.1) is 0 Å². The molecule has 0 nitrogen and oxygen atoms in total. The average molecular weight is 252 g/mol. The largest absolute Gasteiger partial charge is 0.179 e. The highest BCUT2D eigenvalue weighted by Crippen LogP contribution is 2.60. The van der Waals surface area contributed by atoms with Gasteiger partial charge >= 0.3 is 0 Å². The van der Waals surface area contributed by atoms with Crippen molar-refractivity contribution >= 4 is 12.6 Å². The highest BCUT2D eigenvalue weighted by molar-refractivity contribution is 7.80. The lowest BCUT2D eigenvalue weighted by molar-refractivity contribution is -0.00947. The molecular formula is C16H28S. The van der Waals surface area contributed by atoms with Crippen molar-refractivity contribution in [2.45, 2.75) is 64.2 Å². The molecule has 0 aromatic heterocycles. The molecule has 0 amide bonds. The van der Waals surface area contributed by atoms with E-state index in [1.54, 1.807) is 38.5 Å². The maximum Gasteiger partial charge on any atom is -0.00979 e. The first-order chi connectivity index (χ1) is 8.40. The van der Waals surface area contributed by atoms with E-state index in [1.165, 1.54) is 37.5 Å². The van der Waals surface area contributed by atoms with Crippen LogP contribution in [0.2, 0.25) is 0 Å². The Balaban J connectivity index is 1.52. The molecule has 0 aromatic rings. The van der Waals surface area contributed by atoms with E-state index in [-0.39, 0.29) is 0 Å². The van der Waals surface area contributed by atoms with Gasteiger partial charge in [0.2, 0.25) is 0 Å². The van der Waals surface area contributed by atoms with Crippen molar-refractivity contribution < 1.29 is 0 Å². The second-order valence-electron chi connectivity index (χ2n) is 6.84. The summed E-state index contributed by atoms with van der Waals surface area (Å²) in [6, 6.07) is 0. The molecule has 0 N–H and O–H groups in total. The molecule has 3 aliphatic rings. The number of unbranched alkanes of at least 4 members (excludes halogenated alkanes) is 1. The minimum atomic E-state index is 1.08. The first-order valence-electron chi connectivity index (χ1n) is 8.01. The molecule has 5 atom stereocenters. The molecule has 5 unspecified atom stereocenters. The number of rotatable bonds is 4. The Morgan fingerprint density at radius 3 is 2.12 bits per heavy atom. The van der Waals surface area contributed by atoms with Gasteiger partial charge in [-0.1, -0.05) is 32.1 Å². The van der Waals surface area contributed by atoms with E-state index in [2.05, 4.69) is 12.6 Å². The lowest BCUT2D eigenvalue weighted by Gasteiger charge is -2.49. The monoisotopic (exact) mass is 252 g/mol. The van der Waals surface area contributed by atoms with Gasteiger partial charge in [-0.05, 0) is 67.4 Å². The van der Waals surface area contributed by atoms with Gasteiger partial charge in [-0.15, -0.1) is 0 Å². The van der Waals surface area contributed by atoms with Crippen LogP contribution in [0.15, 0.2) is 0 Å². The van der Waals surface area contributed by atoms with Gasteiger partial charge in [0.25, 0.3) is 0 Å². The van der Waals surface area contributed by atoms with Crippen molar-refractivity contribution in [1.29, 1.82) is 0 Å². The topological polar surface area (TPSA) is 0 Å². The Labute approximate surface area is 112 Å². The predicted octanol–water partition coefficient (Wildman–Crippen LogP) is 4.94. The smallest absolute Gasteiger partial charge is 0.00979 e. The third-order valence-electron chi connectivity index (χ3n) is 6.05. The summed E-state index contributed by atoms with van der Waals surface area (Å²) in [4.78, 5) is 0. The normalized spacial score (nSPS) is 44.6. The van der Waals surface area contributed by atoms with Crippen molar-refractivity contribution in [3.8, 4) is 0 Å². The average Bonchev–Trinajstić information content (AvgIpc) is 2.66. The molecule has 0 saturated heterocycles. The summed E-state index contributed by atoms with van der Waals surface area (Å²) >= 11 is 4.33. The zero-order valence-corrected chi connectivity index (χ0v) is 12.0. The molecule has 0 bridgehead atoms. The second-order valence-corrected chi connectivity index (χ2v) is 7.29. The van der Waals surface area contributed by atoms with E-state index >= 15 is 0 Å². The SMILES string of the molecule is SCCCCC1CCCC2C3CCCC3C2C1. The fraction of sp³-hybridized carbons (Fsp3) is 1.00. The van der Waals surface area contributed by atoms with Crippen LogP contribution in [-0.4, -0.2) is 5.75 Å². The van der Waals surface area contributed by atoms with Crippen LogP contribution in [0, 0.1) is 29.6 Å². The van der Waals surface area contributed by atoms with Crippen LogP contribution in [-0.2, 0) is 0 Å².